The van der Waals surface area contributed by atoms with E-state index in [1.165, 1.54) is 6.08 Å². The predicted octanol–water partition coefficient (Wildman–Crippen LogP) is 4.19. The van der Waals surface area contributed by atoms with Crippen LogP contribution in [0.15, 0.2) is 53.0 Å². The van der Waals surface area contributed by atoms with Gasteiger partial charge in [0.1, 0.15) is 11.5 Å². The number of rotatable bonds is 7. The fourth-order valence-corrected chi connectivity index (χ4v) is 2.57. The van der Waals surface area contributed by atoms with Crippen LogP contribution in [-0.2, 0) is 11.3 Å². The fraction of sp³-hybridized carbons (Fsp3) is 0.211. The maximum Gasteiger partial charge on any atom is 0.244 e. The van der Waals surface area contributed by atoms with Crippen molar-refractivity contribution in [1.29, 1.82) is 0 Å². The Morgan fingerprint density at radius 2 is 2.00 bits per heavy atom. The number of para-hydroxylation sites is 1. The number of ether oxygens (including phenoxy) is 2. The minimum atomic E-state index is -0.177. The van der Waals surface area contributed by atoms with Crippen molar-refractivity contribution in [1.82, 2.24) is 5.32 Å². The predicted molar refractivity (Wildman–Crippen MR) is 99.2 cm³/mol. The lowest BCUT2D eigenvalue weighted by atomic mass is 10.2. The maximum atomic E-state index is 12.1. The van der Waals surface area contributed by atoms with E-state index in [0.717, 1.165) is 21.3 Å². The SMILES string of the molecule is CCOc1ccccc1CNC(=O)C=Cc1cc(Br)ccc1OC. The van der Waals surface area contributed by atoms with Crippen LogP contribution in [0.2, 0.25) is 0 Å². The number of halogens is 1. The molecule has 126 valence electrons. The Labute approximate surface area is 150 Å². The Bertz CT molecular complexity index is 728. The molecule has 0 saturated heterocycles. The third-order valence-electron chi connectivity index (χ3n) is 3.33. The molecule has 2 aromatic carbocycles. The van der Waals surface area contributed by atoms with E-state index in [1.807, 2.05) is 49.4 Å². The average Bonchev–Trinajstić information content (AvgIpc) is 2.59. The minimum absolute atomic E-state index is 0.177. The number of carbonyl (C=O) groups excluding carboxylic acids is 1. The first kappa shape index (κ1) is 18.1. The van der Waals surface area contributed by atoms with Gasteiger partial charge in [-0.2, -0.15) is 0 Å². The van der Waals surface area contributed by atoms with Crippen LogP contribution in [0.5, 0.6) is 11.5 Å². The first-order valence-corrected chi connectivity index (χ1v) is 8.43. The molecule has 0 bridgehead atoms. The molecule has 2 rings (SSSR count). The van der Waals surface area contributed by atoms with Gasteiger partial charge >= 0.3 is 0 Å². The number of amides is 1. The van der Waals surface area contributed by atoms with Crippen LogP contribution in [0.3, 0.4) is 0 Å². The van der Waals surface area contributed by atoms with Gasteiger partial charge in [0, 0.05) is 28.2 Å². The summed E-state index contributed by atoms with van der Waals surface area (Å²) in [5, 5.41) is 2.86. The van der Waals surface area contributed by atoms with E-state index in [4.69, 9.17) is 9.47 Å². The van der Waals surface area contributed by atoms with Crippen molar-refractivity contribution >= 4 is 27.9 Å². The molecule has 0 heterocycles. The summed E-state index contributed by atoms with van der Waals surface area (Å²) in [5.74, 6) is 1.32. The van der Waals surface area contributed by atoms with Gasteiger partial charge in [-0.15, -0.1) is 0 Å². The molecule has 0 spiro atoms. The molecule has 0 atom stereocenters. The highest BCUT2D eigenvalue weighted by atomic mass is 79.9. The van der Waals surface area contributed by atoms with Crippen LogP contribution in [0.4, 0.5) is 0 Å². The fourth-order valence-electron chi connectivity index (χ4n) is 2.19. The summed E-state index contributed by atoms with van der Waals surface area (Å²) in [5.41, 5.74) is 1.78. The van der Waals surface area contributed by atoms with E-state index < -0.39 is 0 Å². The molecule has 5 heteroatoms. The van der Waals surface area contributed by atoms with Gasteiger partial charge in [0.15, 0.2) is 0 Å². The van der Waals surface area contributed by atoms with Gasteiger partial charge < -0.3 is 14.8 Å². The molecule has 1 N–H and O–H groups in total. The Hall–Kier alpha value is -2.27. The van der Waals surface area contributed by atoms with Gasteiger partial charge in [0.2, 0.25) is 5.91 Å². The van der Waals surface area contributed by atoms with Crippen molar-refractivity contribution < 1.29 is 14.3 Å². The number of hydrogen-bond donors (Lipinski definition) is 1. The summed E-state index contributed by atoms with van der Waals surface area (Å²) in [4.78, 5) is 12.1. The van der Waals surface area contributed by atoms with E-state index in [1.54, 1.807) is 13.2 Å². The lowest BCUT2D eigenvalue weighted by Crippen LogP contribution is -2.20. The van der Waals surface area contributed by atoms with Gasteiger partial charge in [-0.05, 0) is 37.3 Å². The normalized spacial score (nSPS) is 10.6. The third-order valence-corrected chi connectivity index (χ3v) is 3.82. The molecule has 0 saturated carbocycles. The quantitative estimate of drug-likeness (QED) is 0.722. The van der Waals surface area contributed by atoms with Gasteiger partial charge in [-0.1, -0.05) is 34.1 Å². The molecule has 0 aliphatic rings. The summed E-state index contributed by atoms with van der Waals surface area (Å²) in [7, 11) is 1.60. The third kappa shape index (κ3) is 5.13. The molecule has 0 fully saturated rings. The van der Waals surface area contributed by atoms with Crippen LogP contribution < -0.4 is 14.8 Å². The van der Waals surface area contributed by atoms with Gasteiger partial charge in [0.25, 0.3) is 0 Å². The number of nitrogens with one attached hydrogen (secondary N) is 1. The molecule has 4 nitrogen and oxygen atoms in total. The van der Waals surface area contributed by atoms with E-state index in [0.29, 0.717) is 18.9 Å². The zero-order valence-electron chi connectivity index (χ0n) is 13.7. The smallest absolute Gasteiger partial charge is 0.244 e. The highest BCUT2D eigenvalue weighted by molar-refractivity contribution is 9.10. The second-order valence-electron chi connectivity index (χ2n) is 4.98. The van der Waals surface area contributed by atoms with Crippen LogP contribution in [0.25, 0.3) is 6.08 Å². The van der Waals surface area contributed by atoms with Crippen LogP contribution >= 0.6 is 15.9 Å². The lowest BCUT2D eigenvalue weighted by Gasteiger charge is -2.10. The topological polar surface area (TPSA) is 47.6 Å². The Morgan fingerprint density at radius 3 is 2.75 bits per heavy atom. The van der Waals surface area contributed by atoms with Crippen molar-refractivity contribution in [3.8, 4) is 11.5 Å². The monoisotopic (exact) mass is 389 g/mol. The van der Waals surface area contributed by atoms with Crippen molar-refractivity contribution in [2.45, 2.75) is 13.5 Å². The van der Waals surface area contributed by atoms with Gasteiger partial charge in [-0.3, -0.25) is 4.79 Å². The Kier molecular flexibility index (Phi) is 6.88. The van der Waals surface area contributed by atoms with Gasteiger partial charge in [0.05, 0.1) is 13.7 Å². The summed E-state index contributed by atoms with van der Waals surface area (Å²) in [6, 6.07) is 13.3. The molecular formula is C19H20BrNO3. The summed E-state index contributed by atoms with van der Waals surface area (Å²) < 4.78 is 11.8. The van der Waals surface area contributed by atoms with Crippen molar-refractivity contribution in [2.24, 2.45) is 0 Å². The molecule has 24 heavy (non-hydrogen) atoms. The number of carbonyl (C=O) groups is 1. The minimum Gasteiger partial charge on any atom is -0.496 e. The largest absolute Gasteiger partial charge is 0.496 e. The standard InChI is InChI=1S/C19H20BrNO3/c1-3-24-18-7-5-4-6-15(18)13-21-19(22)11-8-14-12-16(20)9-10-17(14)23-2/h4-12H,3,13H2,1-2H3,(H,21,22). The van der Waals surface area contributed by atoms with Crippen LogP contribution in [0.1, 0.15) is 18.1 Å². The van der Waals surface area contributed by atoms with Crippen LogP contribution in [0, 0.1) is 0 Å². The number of methoxy groups -OCH3 is 1. The van der Waals surface area contributed by atoms with Crippen molar-refractivity contribution in [2.75, 3.05) is 13.7 Å². The highest BCUT2D eigenvalue weighted by Crippen LogP contribution is 2.24. The molecule has 0 aliphatic heterocycles. The summed E-state index contributed by atoms with van der Waals surface area (Å²) in [6.45, 7) is 2.94. The summed E-state index contributed by atoms with van der Waals surface area (Å²) in [6.07, 6.45) is 3.22. The number of benzene rings is 2. The molecule has 1 amide bonds. The maximum absolute atomic E-state index is 12.1. The van der Waals surface area contributed by atoms with Crippen molar-refractivity contribution in [3.05, 3.63) is 64.1 Å². The number of hydrogen-bond acceptors (Lipinski definition) is 3. The van der Waals surface area contributed by atoms with E-state index in [2.05, 4.69) is 21.2 Å². The Balaban J connectivity index is 2.00. The zero-order chi connectivity index (χ0) is 17.4. The molecule has 0 radical (unpaired) electrons. The van der Waals surface area contributed by atoms with E-state index in [-0.39, 0.29) is 5.91 Å². The molecule has 0 aliphatic carbocycles. The van der Waals surface area contributed by atoms with Crippen molar-refractivity contribution in [3.63, 3.8) is 0 Å². The second kappa shape index (κ2) is 9.13. The van der Waals surface area contributed by atoms with E-state index >= 15 is 0 Å². The Morgan fingerprint density at radius 1 is 1.21 bits per heavy atom. The second-order valence-corrected chi connectivity index (χ2v) is 5.89. The summed E-state index contributed by atoms with van der Waals surface area (Å²) >= 11 is 3.41. The molecule has 2 aromatic rings. The van der Waals surface area contributed by atoms with E-state index in [9.17, 15) is 4.79 Å². The molecule has 0 aromatic heterocycles. The lowest BCUT2D eigenvalue weighted by molar-refractivity contribution is -0.116. The first-order valence-electron chi connectivity index (χ1n) is 7.64. The van der Waals surface area contributed by atoms with Crippen LogP contribution in [-0.4, -0.2) is 19.6 Å². The zero-order valence-corrected chi connectivity index (χ0v) is 15.3. The molecule has 0 unspecified atom stereocenters. The molecular weight excluding hydrogens is 370 g/mol. The van der Waals surface area contributed by atoms with Gasteiger partial charge in [-0.25, -0.2) is 0 Å². The first-order chi connectivity index (χ1) is 11.6. The highest BCUT2D eigenvalue weighted by Gasteiger charge is 2.05. The average molecular weight is 390 g/mol.